The first-order valence-corrected chi connectivity index (χ1v) is 13.2. The van der Waals surface area contributed by atoms with Crippen LogP contribution in [0.25, 0.3) is 20.6 Å². The molecule has 9 nitrogen and oxygen atoms in total. The van der Waals surface area contributed by atoms with E-state index < -0.39 is 0 Å². The maximum Gasteiger partial charge on any atom is 0.331 e. The molecule has 1 N–H and O–H groups in total. The van der Waals surface area contributed by atoms with Crippen molar-refractivity contribution in [3.63, 3.8) is 0 Å². The van der Waals surface area contributed by atoms with Gasteiger partial charge in [-0.15, -0.1) is 23.7 Å². The Labute approximate surface area is 223 Å². The van der Waals surface area contributed by atoms with E-state index in [4.69, 9.17) is 9.47 Å². The van der Waals surface area contributed by atoms with Crippen molar-refractivity contribution in [3.8, 4) is 5.75 Å². The first-order chi connectivity index (χ1) is 17.6. The standard InChI is InChI=1S/C26H29N5O4S.ClH/c1-34-13-12-30-22-21-24(28-10-9-27-21)36-23(22)25(32)31(26(30)33)11-8-18-20-15(14-29-18)6-7-16-17(20)4-3-5-19(16)35-2;/h3-5,9-10,15,18,20,29H,6-8,11-14H2,1-2H3;1H/t15-,18?,20+;/m0./s1. The van der Waals surface area contributed by atoms with Gasteiger partial charge in [0.1, 0.15) is 20.8 Å². The molecule has 1 fully saturated rings. The van der Waals surface area contributed by atoms with Crippen LogP contribution in [-0.2, 0) is 24.2 Å². The molecule has 37 heavy (non-hydrogen) atoms. The van der Waals surface area contributed by atoms with E-state index in [9.17, 15) is 9.59 Å². The maximum atomic E-state index is 13.6. The fourth-order valence-corrected chi connectivity index (χ4v) is 7.17. The van der Waals surface area contributed by atoms with Crippen LogP contribution >= 0.6 is 23.7 Å². The van der Waals surface area contributed by atoms with Crippen molar-refractivity contribution in [1.82, 2.24) is 24.4 Å². The minimum Gasteiger partial charge on any atom is -0.496 e. The van der Waals surface area contributed by atoms with Gasteiger partial charge < -0.3 is 14.8 Å². The van der Waals surface area contributed by atoms with E-state index in [-0.39, 0.29) is 29.7 Å². The minimum atomic E-state index is -0.324. The van der Waals surface area contributed by atoms with Crippen LogP contribution in [0.5, 0.6) is 5.75 Å². The van der Waals surface area contributed by atoms with Crippen LogP contribution in [-0.4, -0.2) is 52.5 Å². The van der Waals surface area contributed by atoms with Crippen LogP contribution in [0.15, 0.2) is 40.2 Å². The molecule has 1 aliphatic heterocycles. The molecule has 4 heterocycles. The summed E-state index contributed by atoms with van der Waals surface area (Å²) in [7, 11) is 3.32. The minimum absolute atomic E-state index is 0. The van der Waals surface area contributed by atoms with Crippen molar-refractivity contribution < 1.29 is 9.47 Å². The topological polar surface area (TPSA) is 100 Å². The van der Waals surface area contributed by atoms with Crippen molar-refractivity contribution >= 4 is 44.3 Å². The molecule has 3 atom stereocenters. The SMILES string of the molecule is COCCn1c(=O)n(CCC2NC[C@@H]3CCc4c(OC)cccc4[C@H]23)c(=O)c2sc3nccnc3c21.Cl. The van der Waals surface area contributed by atoms with Crippen LogP contribution in [0.2, 0.25) is 0 Å². The predicted octanol–water partition coefficient (Wildman–Crippen LogP) is 2.95. The van der Waals surface area contributed by atoms with Gasteiger partial charge in [0.25, 0.3) is 5.56 Å². The van der Waals surface area contributed by atoms with E-state index in [0.29, 0.717) is 58.5 Å². The Bertz CT molecular complexity index is 1560. The largest absolute Gasteiger partial charge is 0.496 e. The molecule has 1 aliphatic carbocycles. The van der Waals surface area contributed by atoms with Crippen LogP contribution < -0.4 is 21.3 Å². The van der Waals surface area contributed by atoms with Crippen molar-refractivity contribution in [2.75, 3.05) is 27.4 Å². The Morgan fingerprint density at radius 3 is 2.78 bits per heavy atom. The Morgan fingerprint density at radius 1 is 1.14 bits per heavy atom. The second-order valence-electron chi connectivity index (χ2n) is 9.53. The quantitative estimate of drug-likeness (QED) is 0.382. The van der Waals surface area contributed by atoms with Gasteiger partial charge in [-0.1, -0.05) is 12.1 Å². The van der Waals surface area contributed by atoms with Gasteiger partial charge in [0.05, 0.1) is 25.8 Å². The molecule has 0 spiro atoms. The molecule has 1 saturated heterocycles. The zero-order chi connectivity index (χ0) is 24.8. The summed E-state index contributed by atoms with van der Waals surface area (Å²) >= 11 is 1.29. The van der Waals surface area contributed by atoms with Crippen molar-refractivity contribution in [3.05, 3.63) is 62.6 Å². The number of fused-ring (bicyclic) bond motifs is 6. The smallest absolute Gasteiger partial charge is 0.331 e. The second-order valence-corrected chi connectivity index (χ2v) is 10.5. The Hall–Kier alpha value is -2.79. The molecule has 2 aliphatic rings. The molecule has 196 valence electrons. The predicted molar refractivity (Wildman–Crippen MR) is 147 cm³/mol. The Morgan fingerprint density at radius 2 is 1.97 bits per heavy atom. The number of thiophene rings is 1. The molecule has 0 radical (unpaired) electrons. The van der Waals surface area contributed by atoms with Crippen LogP contribution in [0.3, 0.4) is 0 Å². The van der Waals surface area contributed by atoms with Crippen molar-refractivity contribution in [2.45, 2.75) is 44.3 Å². The fourth-order valence-electron chi connectivity index (χ4n) is 6.12. The zero-order valence-corrected chi connectivity index (χ0v) is 22.4. The monoisotopic (exact) mass is 543 g/mol. The van der Waals surface area contributed by atoms with Gasteiger partial charge in [-0.05, 0) is 48.9 Å². The average molecular weight is 544 g/mol. The summed E-state index contributed by atoms with van der Waals surface area (Å²) in [4.78, 5) is 36.6. The lowest BCUT2D eigenvalue weighted by atomic mass is 9.73. The molecule has 11 heteroatoms. The molecule has 6 rings (SSSR count). The number of aromatic nitrogens is 4. The average Bonchev–Trinajstić information content (AvgIpc) is 3.50. The number of halogens is 1. The lowest BCUT2D eigenvalue weighted by molar-refractivity contribution is 0.186. The van der Waals surface area contributed by atoms with Gasteiger partial charge in [0, 0.05) is 38.0 Å². The number of benzene rings is 1. The molecule has 4 aromatic rings. The van der Waals surface area contributed by atoms with Crippen molar-refractivity contribution in [1.29, 1.82) is 0 Å². The van der Waals surface area contributed by atoms with Gasteiger partial charge in [-0.25, -0.2) is 14.8 Å². The molecular weight excluding hydrogens is 514 g/mol. The highest BCUT2D eigenvalue weighted by molar-refractivity contribution is 7.25. The molecule has 1 aromatic carbocycles. The van der Waals surface area contributed by atoms with Crippen LogP contribution in [0.4, 0.5) is 0 Å². The fraction of sp³-hybridized carbons (Fsp3) is 0.462. The molecular formula is C26H30ClN5O4S. The van der Waals surface area contributed by atoms with Crippen LogP contribution in [0, 0.1) is 5.92 Å². The number of nitrogens with one attached hydrogen (secondary N) is 1. The summed E-state index contributed by atoms with van der Waals surface area (Å²) in [5.74, 6) is 1.84. The van der Waals surface area contributed by atoms with E-state index in [1.807, 2.05) is 6.07 Å². The van der Waals surface area contributed by atoms with E-state index >= 15 is 0 Å². The van der Waals surface area contributed by atoms with Gasteiger partial charge in [0.15, 0.2) is 0 Å². The van der Waals surface area contributed by atoms with Crippen molar-refractivity contribution in [2.24, 2.45) is 5.92 Å². The highest BCUT2D eigenvalue weighted by Gasteiger charge is 2.40. The normalized spacial score (nSPS) is 20.5. The molecule has 0 saturated carbocycles. The lowest BCUT2D eigenvalue weighted by Crippen LogP contribution is -2.41. The summed E-state index contributed by atoms with van der Waals surface area (Å²) < 4.78 is 14.4. The lowest BCUT2D eigenvalue weighted by Gasteiger charge is -2.32. The number of ether oxygens (including phenoxy) is 2. The summed E-state index contributed by atoms with van der Waals surface area (Å²) in [5, 5.41) is 3.69. The van der Waals surface area contributed by atoms with E-state index in [1.165, 1.54) is 27.0 Å². The number of rotatable bonds is 7. The van der Waals surface area contributed by atoms with Gasteiger partial charge in [0.2, 0.25) is 0 Å². The van der Waals surface area contributed by atoms with E-state index in [2.05, 4.69) is 27.4 Å². The number of methoxy groups -OCH3 is 2. The number of hydrogen-bond donors (Lipinski definition) is 1. The third-order valence-electron chi connectivity index (χ3n) is 7.75. The third-order valence-corrected chi connectivity index (χ3v) is 8.82. The molecule has 3 aromatic heterocycles. The summed E-state index contributed by atoms with van der Waals surface area (Å²) in [6, 6.07) is 6.48. The summed E-state index contributed by atoms with van der Waals surface area (Å²) in [6.45, 7) is 1.99. The number of hydrogen-bond acceptors (Lipinski definition) is 8. The first-order valence-electron chi connectivity index (χ1n) is 12.4. The number of nitrogens with zero attached hydrogens (tertiary/aromatic N) is 4. The Kier molecular flexibility index (Phi) is 7.35. The molecule has 0 amide bonds. The Balaban J connectivity index is 0.00000280. The van der Waals surface area contributed by atoms with Gasteiger partial charge >= 0.3 is 5.69 Å². The molecule has 0 bridgehead atoms. The summed E-state index contributed by atoms with van der Waals surface area (Å²) in [6.07, 6.45) is 6.00. The van der Waals surface area contributed by atoms with Gasteiger partial charge in [-0.2, -0.15) is 0 Å². The second kappa shape index (κ2) is 10.5. The highest BCUT2D eigenvalue weighted by atomic mass is 35.5. The summed E-state index contributed by atoms with van der Waals surface area (Å²) in [5.41, 5.74) is 3.17. The third kappa shape index (κ3) is 4.25. The zero-order valence-electron chi connectivity index (χ0n) is 20.8. The van der Waals surface area contributed by atoms with E-state index in [0.717, 1.165) is 25.1 Å². The highest BCUT2D eigenvalue weighted by Crippen LogP contribution is 2.45. The first kappa shape index (κ1) is 25.8. The molecule has 1 unspecified atom stereocenters. The van der Waals surface area contributed by atoms with Crippen LogP contribution in [0.1, 0.15) is 29.9 Å². The maximum absolute atomic E-state index is 13.6. The van der Waals surface area contributed by atoms with E-state index in [1.54, 1.807) is 31.2 Å². The van der Waals surface area contributed by atoms with Gasteiger partial charge in [-0.3, -0.25) is 13.9 Å².